The van der Waals surface area contributed by atoms with E-state index in [0.717, 1.165) is 31.9 Å². The Hall–Kier alpha value is -1.79. The number of carbonyl (C=O) groups is 1. The number of phenols is 1. The second-order valence-electron chi connectivity index (χ2n) is 5.79. The molecule has 2 heterocycles. The average molecular weight is 305 g/mol. The van der Waals surface area contributed by atoms with E-state index in [1.54, 1.807) is 12.1 Å². The molecule has 2 saturated heterocycles. The van der Waals surface area contributed by atoms with Crippen molar-refractivity contribution in [2.45, 2.75) is 12.5 Å². The molecule has 2 fully saturated rings. The molecule has 3 rings (SSSR count). The number of hydrogen-bond acceptors (Lipinski definition) is 5. The molecule has 0 saturated carbocycles. The zero-order chi connectivity index (χ0) is 15.4. The summed E-state index contributed by atoms with van der Waals surface area (Å²) >= 11 is 0. The number of nitrogens with zero attached hydrogens (tertiary/aromatic N) is 2. The van der Waals surface area contributed by atoms with Crippen LogP contribution in [0.5, 0.6) is 5.75 Å². The van der Waals surface area contributed by atoms with E-state index in [2.05, 4.69) is 10.2 Å². The second-order valence-corrected chi connectivity index (χ2v) is 5.79. The summed E-state index contributed by atoms with van der Waals surface area (Å²) in [6.45, 7) is 5.33. The Labute approximate surface area is 130 Å². The van der Waals surface area contributed by atoms with Crippen LogP contribution in [0.15, 0.2) is 24.3 Å². The van der Waals surface area contributed by atoms with Crippen molar-refractivity contribution in [2.75, 3.05) is 50.8 Å². The fraction of sp³-hybridized carbons (Fsp3) is 0.562. The molecule has 6 heteroatoms. The molecule has 2 aliphatic rings. The molecule has 6 nitrogen and oxygen atoms in total. The molecule has 22 heavy (non-hydrogen) atoms. The van der Waals surface area contributed by atoms with E-state index in [9.17, 15) is 9.90 Å². The molecule has 0 spiro atoms. The van der Waals surface area contributed by atoms with Gasteiger partial charge in [-0.25, -0.2) is 0 Å². The highest BCUT2D eigenvalue weighted by atomic mass is 16.5. The van der Waals surface area contributed by atoms with Gasteiger partial charge >= 0.3 is 0 Å². The third kappa shape index (κ3) is 3.69. The van der Waals surface area contributed by atoms with Gasteiger partial charge in [-0.05, 0) is 12.1 Å². The van der Waals surface area contributed by atoms with Gasteiger partial charge in [-0.2, -0.15) is 0 Å². The number of hydrogen-bond donors (Lipinski definition) is 2. The topological polar surface area (TPSA) is 65.0 Å². The van der Waals surface area contributed by atoms with E-state index < -0.39 is 0 Å². The zero-order valence-corrected chi connectivity index (χ0v) is 12.7. The Bertz CT molecular complexity index is 509. The lowest BCUT2D eigenvalue weighted by molar-refractivity contribution is -0.135. The predicted molar refractivity (Wildman–Crippen MR) is 84.1 cm³/mol. The summed E-state index contributed by atoms with van der Waals surface area (Å²) in [6, 6.07) is 7.26. The highest BCUT2D eigenvalue weighted by Crippen LogP contribution is 2.21. The second kappa shape index (κ2) is 6.98. The average Bonchev–Trinajstić information content (AvgIpc) is 2.56. The van der Waals surface area contributed by atoms with Crippen molar-refractivity contribution in [3.63, 3.8) is 0 Å². The molecule has 2 aliphatic heterocycles. The van der Waals surface area contributed by atoms with Crippen molar-refractivity contribution < 1.29 is 14.6 Å². The van der Waals surface area contributed by atoms with Gasteiger partial charge in [-0.15, -0.1) is 0 Å². The molecule has 0 radical (unpaired) electrons. The number of benzene rings is 1. The fourth-order valence-electron chi connectivity index (χ4n) is 2.98. The number of anilines is 1. The maximum absolute atomic E-state index is 12.3. The summed E-state index contributed by atoms with van der Waals surface area (Å²) in [5, 5.41) is 12.8. The Morgan fingerprint density at radius 3 is 2.82 bits per heavy atom. The smallest absolute Gasteiger partial charge is 0.225 e. The lowest BCUT2D eigenvalue weighted by atomic mass is 10.2. The van der Waals surface area contributed by atoms with Crippen LogP contribution in [-0.2, 0) is 9.53 Å². The minimum atomic E-state index is 0.00495. The molecular weight excluding hydrogens is 282 g/mol. The van der Waals surface area contributed by atoms with Crippen LogP contribution >= 0.6 is 0 Å². The molecule has 0 aromatic heterocycles. The van der Waals surface area contributed by atoms with Crippen molar-refractivity contribution in [1.82, 2.24) is 10.2 Å². The van der Waals surface area contributed by atoms with E-state index in [1.165, 1.54) is 0 Å². The highest BCUT2D eigenvalue weighted by Gasteiger charge is 2.25. The van der Waals surface area contributed by atoms with E-state index in [0.29, 0.717) is 26.1 Å². The quantitative estimate of drug-likeness (QED) is 0.847. The summed E-state index contributed by atoms with van der Waals surface area (Å²) in [6.07, 6.45) is 0.462. The van der Waals surface area contributed by atoms with Crippen LogP contribution in [0.3, 0.4) is 0 Å². The number of piperazine rings is 1. The van der Waals surface area contributed by atoms with Crippen LogP contribution in [0.4, 0.5) is 5.69 Å². The molecule has 0 bridgehead atoms. The van der Waals surface area contributed by atoms with Gasteiger partial charge < -0.3 is 25.0 Å². The first-order valence-electron chi connectivity index (χ1n) is 7.86. The first-order valence-corrected chi connectivity index (χ1v) is 7.86. The first-order chi connectivity index (χ1) is 10.7. The van der Waals surface area contributed by atoms with Crippen LogP contribution in [-0.4, -0.2) is 67.9 Å². The van der Waals surface area contributed by atoms with Crippen LogP contribution < -0.4 is 10.2 Å². The number of ether oxygens (including phenoxy) is 1. The van der Waals surface area contributed by atoms with Gasteiger partial charge in [-0.3, -0.25) is 4.79 Å². The van der Waals surface area contributed by atoms with Gasteiger partial charge in [0.2, 0.25) is 5.91 Å². The Kier molecular flexibility index (Phi) is 4.80. The lowest BCUT2D eigenvalue weighted by Crippen LogP contribution is -2.50. The summed E-state index contributed by atoms with van der Waals surface area (Å²) < 4.78 is 5.59. The van der Waals surface area contributed by atoms with Crippen molar-refractivity contribution in [3.05, 3.63) is 24.3 Å². The minimum absolute atomic E-state index is 0.00495. The number of rotatable bonds is 3. The number of phenolic OH excluding ortho intramolecular Hbond substituents is 1. The van der Waals surface area contributed by atoms with Crippen molar-refractivity contribution in [3.8, 4) is 5.75 Å². The van der Waals surface area contributed by atoms with Crippen molar-refractivity contribution >= 4 is 11.6 Å². The maximum atomic E-state index is 12.3. The van der Waals surface area contributed by atoms with Gasteiger partial charge in [-0.1, -0.05) is 6.07 Å². The molecule has 1 unspecified atom stereocenters. The van der Waals surface area contributed by atoms with Gasteiger partial charge in [0.05, 0.1) is 19.1 Å². The van der Waals surface area contributed by atoms with Crippen LogP contribution in [0, 0.1) is 0 Å². The highest BCUT2D eigenvalue weighted by molar-refractivity contribution is 5.77. The molecule has 0 aliphatic carbocycles. The molecule has 120 valence electrons. The van der Waals surface area contributed by atoms with Crippen LogP contribution in [0.2, 0.25) is 0 Å². The third-order valence-electron chi connectivity index (χ3n) is 4.23. The predicted octanol–water partition coefficient (Wildman–Crippen LogP) is 0.419. The molecule has 1 aromatic rings. The lowest BCUT2D eigenvalue weighted by Gasteiger charge is -2.37. The molecule has 1 aromatic carbocycles. The Morgan fingerprint density at radius 1 is 1.32 bits per heavy atom. The zero-order valence-electron chi connectivity index (χ0n) is 12.7. The van der Waals surface area contributed by atoms with E-state index in [-0.39, 0.29) is 17.8 Å². The minimum Gasteiger partial charge on any atom is -0.508 e. The van der Waals surface area contributed by atoms with Gasteiger partial charge in [0, 0.05) is 51.0 Å². The van der Waals surface area contributed by atoms with Gasteiger partial charge in [0.15, 0.2) is 0 Å². The third-order valence-corrected chi connectivity index (χ3v) is 4.23. The van der Waals surface area contributed by atoms with Gasteiger partial charge in [0.1, 0.15) is 5.75 Å². The van der Waals surface area contributed by atoms with E-state index >= 15 is 0 Å². The monoisotopic (exact) mass is 305 g/mol. The van der Waals surface area contributed by atoms with Crippen LogP contribution in [0.1, 0.15) is 6.42 Å². The van der Waals surface area contributed by atoms with Crippen molar-refractivity contribution in [1.29, 1.82) is 0 Å². The number of aromatic hydroxyl groups is 1. The molecule has 1 atom stereocenters. The van der Waals surface area contributed by atoms with Crippen LogP contribution in [0.25, 0.3) is 0 Å². The molecule has 1 amide bonds. The van der Waals surface area contributed by atoms with E-state index in [1.807, 2.05) is 17.0 Å². The summed E-state index contributed by atoms with van der Waals surface area (Å²) in [5.74, 6) is 0.446. The van der Waals surface area contributed by atoms with E-state index in [4.69, 9.17) is 4.74 Å². The molecular formula is C16H23N3O3. The number of amides is 1. The molecule has 2 N–H and O–H groups in total. The Morgan fingerprint density at radius 2 is 2.14 bits per heavy atom. The summed E-state index contributed by atoms with van der Waals surface area (Å²) in [4.78, 5) is 16.4. The summed E-state index contributed by atoms with van der Waals surface area (Å²) in [5.41, 5.74) is 1.01. The SMILES string of the molecule is O=C(CC1CNCCO1)N1CCN(c2cccc(O)c2)CC1. The first kappa shape index (κ1) is 15.1. The number of morpholine rings is 1. The normalized spacial score (nSPS) is 22.6. The van der Waals surface area contributed by atoms with Crippen molar-refractivity contribution in [2.24, 2.45) is 0 Å². The Balaban J connectivity index is 1.49. The number of carbonyl (C=O) groups excluding carboxylic acids is 1. The number of nitrogens with one attached hydrogen (secondary N) is 1. The fourth-order valence-corrected chi connectivity index (χ4v) is 2.98. The van der Waals surface area contributed by atoms with Gasteiger partial charge in [0.25, 0.3) is 0 Å². The summed E-state index contributed by atoms with van der Waals surface area (Å²) in [7, 11) is 0. The maximum Gasteiger partial charge on any atom is 0.225 e. The standard InChI is InChI=1S/C16H23N3O3/c20-14-3-1-2-13(10-14)18-5-7-19(8-6-18)16(21)11-15-12-17-4-9-22-15/h1-3,10,15,17,20H,4-9,11-12H2. The largest absolute Gasteiger partial charge is 0.508 e.